The van der Waals surface area contributed by atoms with Crippen LogP contribution in [0.25, 0.3) is 0 Å². The van der Waals surface area contributed by atoms with Crippen LogP contribution in [0.15, 0.2) is 48.5 Å². The molecule has 22 heavy (non-hydrogen) atoms. The van der Waals surface area contributed by atoms with E-state index in [1.165, 1.54) is 19.2 Å². The highest BCUT2D eigenvalue weighted by Gasteiger charge is 2.05. The Bertz CT molecular complexity index is 610. The van der Waals surface area contributed by atoms with Crippen molar-refractivity contribution in [2.45, 2.75) is 6.42 Å². The van der Waals surface area contributed by atoms with Gasteiger partial charge >= 0.3 is 5.97 Å². The summed E-state index contributed by atoms with van der Waals surface area (Å²) in [6.45, 7) is 0.911. The second kappa shape index (κ2) is 8.02. The maximum absolute atomic E-state index is 12.7. The van der Waals surface area contributed by atoms with Gasteiger partial charge in [-0.3, -0.25) is 0 Å². The van der Waals surface area contributed by atoms with Crippen LogP contribution in [0.1, 0.15) is 16.8 Å². The summed E-state index contributed by atoms with van der Waals surface area (Å²) < 4.78 is 28.4. The Labute approximate surface area is 128 Å². The molecular formula is C17H17FO4. The van der Waals surface area contributed by atoms with E-state index in [1.54, 1.807) is 36.4 Å². The monoisotopic (exact) mass is 304 g/mol. The third kappa shape index (κ3) is 4.77. The molecule has 0 N–H and O–H groups in total. The fourth-order valence-corrected chi connectivity index (χ4v) is 1.80. The van der Waals surface area contributed by atoms with Gasteiger partial charge in [0.1, 0.15) is 17.3 Å². The Kier molecular flexibility index (Phi) is 5.77. The molecule has 4 nitrogen and oxygen atoms in total. The highest BCUT2D eigenvalue weighted by Crippen LogP contribution is 2.15. The van der Waals surface area contributed by atoms with E-state index in [4.69, 9.17) is 9.47 Å². The van der Waals surface area contributed by atoms with Gasteiger partial charge in [0.05, 0.1) is 25.9 Å². The summed E-state index contributed by atoms with van der Waals surface area (Å²) in [4.78, 5) is 11.4. The Balaban J connectivity index is 1.72. The molecule has 0 spiro atoms. The van der Waals surface area contributed by atoms with Crippen LogP contribution >= 0.6 is 0 Å². The number of carbonyl (C=O) groups is 1. The molecule has 0 saturated carbocycles. The number of benzene rings is 2. The van der Waals surface area contributed by atoms with E-state index >= 15 is 0 Å². The molecule has 0 aliphatic heterocycles. The van der Waals surface area contributed by atoms with Crippen molar-refractivity contribution in [3.05, 3.63) is 59.9 Å². The molecule has 0 aromatic heterocycles. The zero-order chi connectivity index (χ0) is 15.8. The lowest BCUT2D eigenvalue weighted by atomic mass is 10.2. The fraction of sp³-hybridized carbons (Fsp3) is 0.235. The van der Waals surface area contributed by atoms with Gasteiger partial charge in [0.2, 0.25) is 0 Å². The normalized spacial score (nSPS) is 10.1. The molecule has 0 bridgehead atoms. The van der Waals surface area contributed by atoms with E-state index in [-0.39, 0.29) is 5.82 Å². The lowest BCUT2D eigenvalue weighted by Crippen LogP contribution is -2.06. The van der Waals surface area contributed by atoms with Gasteiger partial charge in [0, 0.05) is 6.42 Å². The van der Waals surface area contributed by atoms with Gasteiger partial charge in [-0.25, -0.2) is 9.18 Å². The van der Waals surface area contributed by atoms with Gasteiger partial charge in [-0.05, 0) is 42.5 Å². The van der Waals surface area contributed by atoms with Gasteiger partial charge in [-0.2, -0.15) is 0 Å². The molecule has 5 heteroatoms. The zero-order valence-electron chi connectivity index (χ0n) is 12.3. The Hall–Kier alpha value is -2.56. The Morgan fingerprint density at radius 3 is 2.36 bits per heavy atom. The van der Waals surface area contributed by atoms with E-state index in [2.05, 4.69) is 4.74 Å². The van der Waals surface area contributed by atoms with Gasteiger partial charge in [-0.1, -0.05) is 6.07 Å². The van der Waals surface area contributed by atoms with Crippen LogP contribution in [-0.4, -0.2) is 26.3 Å². The second-order valence-electron chi connectivity index (χ2n) is 4.52. The molecule has 0 unspecified atom stereocenters. The molecule has 2 rings (SSSR count). The van der Waals surface area contributed by atoms with Crippen molar-refractivity contribution in [2.75, 3.05) is 20.3 Å². The fourth-order valence-electron chi connectivity index (χ4n) is 1.80. The van der Waals surface area contributed by atoms with E-state index in [0.717, 1.165) is 0 Å². The lowest BCUT2D eigenvalue weighted by molar-refractivity contribution is 0.0600. The van der Waals surface area contributed by atoms with E-state index in [9.17, 15) is 9.18 Å². The van der Waals surface area contributed by atoms with Crippen molar-refractivity contribution in [1.29, 1.82) is 0 Å². The summed E-state index contributed by atoms with van der Waals surface area (Å²) >= 11 is 0. The minimum absolute atomic E-state index is 0.291. The first-order chi connectivity index (χ1) is 10.7. The average Bonchev–Trinajstić information content (AvgIpc) is 2.56. The van der Waals surface area contributed by atoms with Crippen LogP contribution in [0.3, 0.4) is 0 Å². The smallest absolute Gasteiger partial charge is 0.337 e. The second-order valence-corrected chi connectivity index (χ2v) is 4.52. The number of methoxy groups -OCH3 is 1. The summed E-state index contributed by atoms with van der Waals surface area (Å²) in [6.07, 6.45) is 0.666. The molecule has 0 aliphatic carbocycles. The van der Waals surface area contributed by atoms with Crippen LogP contribution in [0.4, 0.5) is 4.39 Å². The van der Waals surface area contributed by atoms with Crippen LogP contribution < -0.4 is 9.47 Å². The molecule has 0 heterocycles. The first-order valence-electron chi connectivity index (χ1n) is 6.88. The Morgan fingerprint density at radius 1 is 1.00 bits per heavy atom. The first-order valence-corrected chi connectivity index (χ1v) is 6.88. The summed E-state index contributed by atoms with van der Waals surface area (Å²) in [5.41, 5.74) is 0.447. The van der Waals surface area contributed by atoms with Crippen LogP contribution in [-0.2, 0) is 4.74 Å². The molecule has 2 aromatic rings. The topological polar surface area (TPSA) is 44.8 Å². The summed E-state index contributed by atoms with van der Waals surface area (Å²) in [5, 5.41) is 0. The predicted octanol–water partition coefficient (Wildman–Crippen LogP) is 3.46. The van der Waals surface area contributed by atoms with Gasteiger partial charge in [0.25, 0.3) is 0 Å². The molecule has 116 valence electrons. The van der Waals surface area contributed by atoms with Gasteiger partial charge in [0.15, 0.2) is 0 Å². The Morgan fingerprint density at radius 2 is 1.68 bits per heavy atom. The maximum Gasteiger partial charge on any atom is 0.337 e. The first kappa shape index (κ1) is 15.8. The van der Waals surface area contributed by atoms with E-state index < -0.39 is 5.97 Å². The number of hydrogen-bond donors (Lipinski definition) is 0. The number of carbonyl (C=O) groups excluding carboxylic acids is 1. The van der Waals surface area contributed by atoms with Gasteiger partial charge < -0.3 is 14.2 Å². The standard InChI is InChI=1S/C17H17FO4/c1-20-17(19)13-4-2-5-16(12-13)22-11-3-10-21-15-8-6-14(18)7-9-15/h2,4-9,12H,3,10-11H2,1H3. The zero-order valence-corrected chi connectivity index (χ0v) is 12.3. The van der Waals surface area contributed by atoms with E-state index in [0.29, 0.717) is 36.7 Å². The van der Waals surface area contributed by atoms with Crippen LogP contribution in [0, 0.1) is 5.82 Å². The maximum atomic E-state index is 12.7. The largest absolute Gasteiger partial charge is 0.493 e. The highest BCUT2D eigenvalue weighted by molar-refractivity contribution is 5.89. The predicted molar refractivity (Wildman–Crippen MR) is 79.8 cm³/mol. The number of hydrogen-bond acceptors (Lipinski definition) is 4. The van der Waals surface area contributed by atoms with Crippen LogP contribution in [0.5, 0.6) is 11.5 Å². The molecule has 0 atom stereocenters. The highest BCUT2D eigenvalue weighted by atomic mass is 19.1. The third-order valence-electron chi connectivity index (χ3n) is 2.89. The van der Waals surface area contributed by atoms with Crippen LogP contribution in [0.2, 0.25) is 0 Å². The summed E-state index contributed by atoms with van der Waals surface area (Å²) in [5.74, 6) is 0.532. The molecule has 2 aromatic carbocycles. The van der Waals surface area contributed by atoms with Crippen molar-refractivity contribution in [3.63, 3.8) is 0 Å². The summed E-state index contributed by atoms with van der Waals surface area (Å²) in [6, 6.07) is 12.7. The number of halogens is 1. The molecule has 0 aliphatic rings. The molecule has 0 radical (unpaired) electrons. The number of ether oxygens (including phenoxy) is 3. The lowest BCUT2D eigenvalue weighted by Gasteiger charge is -2.08. The summed E-state index contributed by atoms with van der Waals surface area (Å²) in [7, 11) is 1.34. The molecule has 0 saturated heterocycles. The number of rotatable bonds is 7. The SMILES string of the molecule is COC(=O)c1cccc(OCCCOc2ccc(F)cc2)c1. The third-order valence-corrected chi connectivity index (χ3v) is 2.89. The molecule has 0 fully saturated rings. The van der Waals surface area contributed by atoms with Crippen molar-refractivity contribution in [2.24, 2.45) is 0 Å². The minimum atomic E-state index is -0.398. The van der Waals surface area contributed by atoms with Crippen molar-refractivity contribution in [1.82, 2.24) is 0 Å². The van der Waals surface area contributed by atoms with E-state index in [1.807, 2.05) is 0 Å². The van der Waals surface area contributed by atoms with Crippen molar-refractivity contribution >= 4 is 5.97 Å². The van der Waals surface area contributed by atoms with Crippen molar-refractivity contribution < 1.29 is 23.4 Å². The number of esters is 1. The molecular weight excluding hydrogens is 287 g/mol. The average molecular weight is 304 g/mol. The van der Waals surface area contributed by atoms with Gasteiger partial charge in [-0.15, -0.1) is 0 Å². The van der Waals surface area contributed by atoms with Crippen molar-refractivity contribution in [3.8, 4) is 11.5 Å². The minimum Gasteiger partial charge on any atom is -0.493 e. The molecule has 0 amide bonds. The quantitative estimate of drug-likeness (QED) is 0.580.